The Bertz CT molecular complexity index is 920. The van der Waals surface area contributed by atoms with Gasteiger partial charge in [-0.1, -0.05) is 20.8 Å². The maximum absolute atomic E-state index is 13.3. The summed E-state index contributed by atoms with van der Waals surface area (Å²) in [6, 6.07) is 6.74. The zero-order valence-electron chi connectivity index (χ0n) is 15.3. The summed E-state index contributed by atoms with van der Waals surface area (Å²) >= 11 is 5.96. The first-order chi connectivity index (χ1) is 13.7. The SMILES string of the molecule is O=C(NCCOc1ccc(C(F)(F)P)cc1Cl)c1ccnc(NC(=O)C2CC2)c1. The highest BCUT2D eigenvalue weighted by Crippen LogP contribution is 2.38. The van der Waals surface area contributed by atoms with E-state index in [9.17, 15) is 18.4 Å². The molecule has 1 saturated carbocycles. The lowest BCUT2D eigenvalue weighted by molar-refractivity contribution is -0.117. The Labute approximate surface area is 173 Å². The lowest BCUT2D eigenvalue weighted by atomic mass is 10.2. The second-order valence-corrected chi connectivity index (χ2v) is 7.70. The van der Waals surface area contributed by atoms with E-state index in [1.165, 1.54) is 39.7 Å². The third-order valence-corrected chi connectivity index (χ3v) is 4.81. The van der Waals surface area contributed by atoms with E-state index in [1.54, 1.807) is 0 Å². The molecule has 0 radical (unpaired) electrons. The van der Waals surface area contributed by atoms with Crippen LogP contribution in [-0.4, -0.2) is 29.9 Å². The third kappa shape index (κ3) is 6.08. The van der Waals surface area contributed by atoms with Gasteiger partial charge in [0.2, 0.25) is 5.91 Å². The predicted octanol–water partition coefficient (Wildman–Crippen LogP) is 3.82. The van der Waals surface area contributed by atoms with Gasteiger partial charge in [0.25, 0.3) is 11.6 Å². The lowest BCUT2D eigenvalue weighted by Gasteiger charge is -2.13. The maximum Gasteiger partial charge on any atom is 0.283 e. The Morgan fingerprint density at radius 3 is 2.69 bits per heavy atom. The van der Waals surface area contributed by atoms with E-state index >= 15 is 0 Å². The van der Waals surface area contributed by atoms with E-state index in [4.69, 9.17) is 16.3 Å². The van der Waals surface area contributed by atoms with Crippen LogP contribution < -0.4 is 15.4 Å². The van der Waals surface area contributed by atoms with Crippen LogP contribution in [0, 0.1) is 5.92 Å². The Kier molecular flexibility index (Phi) is 6.65. The molecule has 0 aliphatic heterocycles. The van der Waals surface area contributed by atoms with Gasteiger partial charge >= 0.3 is 0 Å². The first-order valence-electron chi connectivity index (χ1n) is 8.88. The normalized spacial score (nSPS) is 13.7. The van der Waals surface area contributed by atoms with Gasteiger partial charge in [-0.15, -0.1) is 0 Å². The Balaban J connectivity index is 1.48. The van der Waals surface area contributed by atoms with Gasteiger partial charge in [-0.2, -0.15) is 8.78 Å². The number of pyridine rings is 1. The number of carbonyl (C=O) groups is 2. The molecule has 1 aliphatic rings. The average Bonchev–Trinajstić information content (AvgIpc) is 3.51. The van der Waals surface area contributed by atoms with Crippen molar-refractivity contribution in [3.05, 3.63) is 52.7 Å². The molecule has 10 heteroatoms. The molecule has 1 unspecified atom stereocenters. The number of hydrogen-bond acceptors (Lipinski definition) is 4. The Hall–Kier alpha value is -2.31. The number of nitrogens with zero attached hydrogens (tertiary/aromatic N) is 1. The van der Waals surface area contributed by atoms with Crippen LogP contribution in [0.5, 0.6) is 5.75 Å². The van der Waals surface area contributed by atoms with E-state index in [2.05, 4.69) is 15.6 Å². The summed E-state index contributed by atoms with van der Waals surface area (Å²) in [6.45, 7) is 0.265. The Morgan fingerprint density at radius 2 is 2.03 bits per heavy atom. The number of carbonyl (C=O) groups excluding carboxylic acids is 2. The van der Waals surface area contributed by atoms with Crippen LogP contribution in [0.1, 0.15) is 28.8 Å². The van der Waals surface area contributed by atoms with Crippen LogP contribution in [0.25, 0.3) is 0 Å². The molecule has 29 heavy (non-hydrogen) atoms. The molecule has 3 rings (SSSR count). The number of amides is 2. The van der Waals surface area contributed by atoms with Gasteiger partial charge < -0.3 is 15.4 Å². The number of rotatable bonds is 8. The molecule has 1 aliphatic carbocycles. The van der Waals surface area contributed by atoms with Gasteiger partial charge in [-0.3, -0.25) is 9.59 Å². The van der Waals surface area contributed by atoms with Crippen LogP contribution in [0.4, 0.5) is 14.6 Å². The molecule has 0 bridgehead atoms. The molecule has 1 atom stereocenters. The van der Waals surface area contributed by atoms with Crippen LogP contribution >= 0.6 is 20.8 Å². The van der Waals surface area contributed by atoms with Gasteiger partial charge in [0.15, 0.2) is 0 Å². The minimum atomic E-state index is -3.07. The molecular weight excluding hydrogens is 423 g/mol. The minimum absolute atomic E-state index is 0.0367. The maximum atomic E-state index is 13.3. The average molecular weight is 442 g/mol. The largest absolute Gasteiger partial charge is 0.490 e. The van der Waals surface area contributed by atoms with Crippen LogP contribution in [-0.2, 0) is 10.5 Å². The lowest BCUT2D eigenvalue weighted by Crippen LogP contribution is -2.28. The summed E-state index contributed by atoms with van der Waals surface area (Å²) in [4.78, 5) is 28.1. The molecule has 1 aromatic carbocycles. The van der Waals surface area contributed by atoms with Crippen molar-refractivity contribution in [1.82, 2.24) is 10.3 Å². The van der Waals surface area contributed by atoms with E-state index in [-0.39, 0.29) is 47.2 Å². The quantitative estimate of drug-likeness (QED) is 0.482. The van der Waals surface area contributed by atoms with Crippen molar-refractivity contribution in [1.29, 1.82) is 0 Å². The number of anilines is 1. The first-order valence-corrected chi connectivity index (χ1v) is 9.84. The van der Waals surface area contributed by atoms with Crippen LogP contribution in [0.2, 0.25) is 5.02 Å². The number of ether oxygens (including phenoxy) is 1. The molecule has 2 aromatic rings. The number of aromatic nitrogens is 1. The summed E-state index contributed by atoms with van der Waals surface area (Å²) in [7, 11) is 1.45. The minimum Gasteiger partial charge on any atom is -0.490 e. The highest BCUT2D eigenvalue weighted by Gasteiger charge is 2.30. The summed E-state index contributed by atoms with van der Waals surface area (Å²) in [5.74, 6) is 0.152. The highest BCUT2D eigenvalue weighted by molar-refractivity contribution is 7.17. The van der Waals surface area contributed by atoms with Gasteiger partial charge in [0, 0.05) is 23.2 Å². The number of nitrogens with one attached hydrogen (secondary N) is 2. The standard InChI is InChI=1S/C19H19ClF2N3O3P/c20-14-10-13(19(21,22)29)3-4-15(14)28-8-7-24-17(26)12-5-6-23-16(9-12)25-18(27)11-1-2-11/h3-6,9-11H,1-2,7-8,29H2,(H,24,26)(H,23,25,27). The molecule has 1 fully saturated rings. The molecule has 154 valence electrons. The second kappa shape index (κ2) is 9.01. The fourth-order valence-electron chi connectivity index (χ4n) is 2.47. The summed E-state index contributed by atoms with van der Waals surface area (Å²) in [5.41, 5.74) is -2.97. The van der Waals surface area contributed by atoms with Crippen molar-refractivity contribution in [2.24, 2.45) is 5.92 Å². The number of hydrogen-bond donors (Lipinski definition) is 2. The zero-order chi connectivity index (χ0) is 21.0. The van der Waals surface area contributed by atoms with E-state index < -0.39 is 5.66 Å². The topological polar surface area (TPSA) is 80.3 Å². The number of halogens is 3. The van der Waals surface area contributed by atoms with Crippen molar-refractivity contribution in [3.8, 4) is 5.75 Å². The monoisotopic (exact) mass is 441 g/mol. The molecule has 1 aromatic heterocycles. The van der Waals surface area contributed by atoms with Crippen LogP contribution in [0.15, 0.2) is 36.5 Å². The van der Waals surface area contributed by atoms with E-state index in [0.717, 1.165) is 18.9 Å². The summed E-state index contributed by atoms with van der Waals surface area (Å²) < 4.78 is 31.9. The molecule has 6 nitrogen and oxygen atoms in total. The van der Waals surface area contributed by atoms with Crippen molar-refractivity contribution < 1.29 is 23.1 Å². The predicted molar refractivity (Wildman–Crippen MR) is 108 cm³/mol. The molecule has 2 amide bonds. The zero-order valence-corrected chi connectivity index (χ0v) is 17.2. The smallest absolute Gasteiger partial charge is 0.283 e. The van der Waals surface area contributed by atoms with Crippen molar-refractivity contribution in [2.45, 2.75) is 18.5 Å². The Morgan fingerprint density at radius 1 is 1.28 bits per heavy atom. The van der Waals surface area contributed by atoms with Crippen molar-refractivity contribution in [3.63, 3.8) is 0 Å². The van der Waals surface area contributed by atoms with Crippen LogP contribution in [0.3, 0.4) is 0 Å². The molecule has 2 N–H and O–H groups in total. The van der Waals surface area contributed by atoms with Crippen molar-refractivity contribution >= 4 is 38.5 Å². The highest BCUT2D eigenvalue weighted by atomic mass is 35.5. The van der Waals surface area contributed by atoms with E-state index in [0.29, 0.717) is 11.4 Å². The second-order valence-electron chi connectivity index (χ2n) is 6.57. The fraction of sp³-hybridized carbons (Fsp3) is 0.316. The number of benzene rings is 1. The van der Waals surface area contributed by atoms with E-state index in [1.807, 2.05) is 0 Å². The molecular formula is C19H19ClF2N3O3P. The van der Waals surface area contributed by atoms with Gasteiger partial charge in [-0.25, -0.2) is 4.98 Å². The first kappa shape index (κ1) is 21.4. The molecule has 0 spiro atoms. The summed E-state index contributed by atoms with van der Waals surface area (Å²) in [5, 5.41) is 5.41. The summed E-state index contributed by atoms with van der Waals surface area (Å²) in [6.07, 6.45) is 3.19. The fourth-order valence-corrected chi connectivity index (χ4v) is 2.88. The third-order valence-electron chi connectivity index (χ3n) is 4.18. The molecule has 1 heterocycles. The van der Waals surface area contributed by atoms with Crippen molar-refractivity contribution in [2.75, 3.05) is 18.5 Å². The molecule has 0 saturated heterocycles. The number of alkyl halides is 2. The van der Waals surface area contributed by atoms with Gasteiger partial charge in [-0.05, 0) is 43.2 Å². The van der Waals surface area contributed by atoms with Gasteiger partial charge in [0.1, 0.15) is 18.2 Å². The van der Waals surface area contributed by atoms with Gasteiger partial charge in [0.05, 0.1) is 11.6 Å².